The molecule has 0 bridgehead atoms. The maximum absolute atomic E-state index is 12.7. The number of ether oxygens (including phenoxy) is 1. The smallest absolute Gasteiger partial charge is 0.258 e. The van der Waals surface area contributed by atoms with Gasteiger partial charge in [0.15, 0.2) is 0 Å². The number of fused-ring (bicyclic) bond motifs is 1. The van der Waals surface area contributed by atoms with Crippen LogP contribution in [0.15, 0.2) is 42.5 Å². The quantitative estimate of drug-likeness (QED) is 0.836. The van der Waals surface area contributed by atoms with Crippen LogP contribution in [0.1, 0.15) is 21.5 Å². The Bertz CT molecular complexity index is 664. The van der Waals surface area contributed by atoms with Gasteiger partial charge in [0.2, 0.25) is 0 Å². The summed E-state index contributed by atoms with van der Waals surface area (Å²) in [6.07, 6.45) is 0.879. The molecule has 0 saturated carbocycles. The topological polar surface area (TPSA) is 29.5 Å². The summed E-state index contributed by atoms with van der Waals surface area (Å²) < 4.78 is 5.24. The third-order valence-corrected chi connectivity index (χ3v) is 3.80. The minimum absolute atomic E-state index is 0.0759. The van der Waals surface area contributed by atoms with E-state index in [0.29, 0.717) is 0 Å². The number of hydrogen-bond donors (Lipinski definition) is 0. The Labute approximate surface area is 118 Å². The average molecular weight is 267 g/mol. The van der Waals surface area contributed by atoms with Crippen LogP contribution in [0.5, 0.6) is 5.75 Å². The molecule has 3 nitrogen and oxygen atoms in total. The van der Waals surface area contributed by atoms with Gasteiger partial charge in [-0.2, -0.15) is 0 Å². The van der Waals surface area contributed by atoms with Gasteiger partial charge in [0, 0.05) is 17.8 Å². The largest absolute Gasteiger partial charge is 0.497 e. The van der Waals surface area contributed by atoms with Gasteiger partial charge in [-0.1, -0.05) is 18.2 Å². The lowest BCUT2D eigenvalue weighted by atomic mass is 10.1. The van der Waals surface area contributed by atoms with Gasteiger partial charge < -0.3 is 9.64 Å². The molecule has 1 aliphatic rings. The Hall–Kier alpha value is -2.29. The van der Waals surface area contributed by atoms with Crippen LogP contribution in [0.2, 0.25) is 0 Å². The van der Waals surface area contributed by atoms with Crippen molar-refractivity contribution in [2.45, 2.75) is 13.3 Å². The minimum Gasteiger partial charge on any atom is -0.497 e. The normalized spacial score (nSPS) is 13.2. The number of hydrogen-bond acceptors (Lipinski definition) is 2. The molecule has 0 fully saturated rings. The van der Waals surface area contributed by atoms with Gasteiger partial charge >= 0.3 is 0 Å². The van der Waals surface area contributed by atoms with Crippen molar-refractivity contribution in [3.63, 3.8) is 0 Å². The molecule has 0 radical (unpaired) electrons. The third-order valence-electron chi connectivity index (χ3n) is 3.80. The van der Waals surface area contributed by atoms with Crippen molar-refractivity contribution in [2.24, 2.45) is 0 Å². The van der Waals surface area contributed by atoms with Gasteiger partial charge in [-0.15, -0.1) is 0 Å². The highest BCUT2D eigenvalue weighted by Gasteiger charge is 2.26. The number of nitrogens with zero attached hydrogens (tertiary/aromatic N) is 1. The zero-order valence-corrected chi connectivity index (χ0v) is 11.7. The van der Waals surface area contributed by atoms with E-state index in [2.05, 4.69) is 0 Å². The standard InChI is InChI=1S/C17H17NO2/c1-12-5-3-4-6-15(12)17(19)18-10-9-13-11-14(20-2)7-8-16(13)18/h3-8,11H,9-10H2,1-2H3. The number of rotatable bonds is 2. The lowest BCUT2D eigenvalue weighted by Gasteiger charge is -2.18. The molecule has 0 unspecified atom stereocenters. The van der Waals surface area contributed by atoms with E-state index in [0.717, 1.165) is 35.5 Å². The van der Waals surface area contributed by atoms with Crippen molar-refractivity contribution in [2.75, 3.05) is 18.6 Å². The Morgan fingerprint density at radius 1 is 1.20 bits per heavy atom. The first kappa shape index (κ1) is 12.7. The monoisotopic (exact) mass is 267 g/mol. The van der Waals surface area contributed by atoms with E-state index in [1.54, 1.807) is 7.11 Å². The molecule has 0 atom stereocenters. The highest BCUT2D eigenvalue weighted by atomic mass is 16.5. The number of carbonyl (C=O) groups excluding carboxylic acids is 1. The summed E-state index contributed by atoms with van der Waals surface area (Å²) in [5, 5.41) is 0. The van der Waals surface area contributed by atoms with Gasteiger partial charge in [0.05, 0.1) is 7.11 Å². The van der Waals surface area contributed by atoms with E-state index in [4.69, 9.17) is 4.74 Å². The molecule has 1 aliphatic heterocycles. The molecular formula is C17H17NO2. The maximum atomic E-state index is 12.7. The fourth-order valence-electron chi connectivity index (χ4n) is 2.67. The lowest BCUT2D eigenvalue weighted by Crippen LogP contribution is -2.29. The summed E-state index contributed by atoms with van der Waals surface area (Å²) >= 11 is 0. The fourth-order valence-corrected chi connectivity index (χ4v) is 2.67. The summed E-state index contributed by atoms with van der Waals surface area (Å²) in [5.74, 6) is 0.918. The number of benzene rings is 2. The predicted octanol–water partition coefficient (Wildman–Crippen LogP) is 3.21. The molecule has 3 rings (SSSR count). The molecule has 2 aromatic carbocycles. The van der Waals surface area contributed by atoms with Crippen LogP contribution in [0, 0.1) is 6.92 Å². The zero-order chi connectivity index (χ0) is 14.1. The van der Waals surface area contributed by atoms with Crippen LogP contribution in [-0.4, -0.2) is 19.6 Å². The van der Waals surface area contributed by atoms with Gasteiger partial charge in [-0.25, -0.2) is 0 Å². The first-order valence-corrected chi connectivity index (χ1v) is 6.75. The highest BCUT2D eigenvalue weighted by Crippen LogP contribution is 2.32. The van der Waals surface area contributed by atoms with Crippen LogP contribution in [0.25, 0.3) is 0 Å². The van der Waals surface area contributed by atoms with E-state index >= 15 is 0 Å². The maximum Gasteiger partial charge on any atom is 0.258 e. The van der Waals surface area contributed by atoms with Gasteiger partial charge in [0.1, 0.15) is 5.75 Å². The van der Waals surface area contributed by atoms with E-state index in [9.17, 15) is 4.79 Å². The molecule has 0 spiro atoms. The molecule has 1 heterocycles. The zero-order valence-electron chi connectivity index (χ0n) is 11.7. The first-order valence-electron chi connectivity index (χ1n) is 6.75. The Kier molecular flexibility index (Phi) is 3.18. The Morgan fingerprint density at radius 2 is 2.00 bits per heavy atom. The molecular weight excluding hydrogens is 250 g/mol. The SMILES string of the molecule is COc1ccc2c(c1)CCN2C(=O)c1ccccc1C. The third kappa shape index (κ3) is 2.05. The second-order valence-electron chi connectivity index (χ2n) is 5.02. The molecule has 0 N–H and O–H groups in total. The van der Waals surface area contributed by atoms with Crippen molar-refractivity contribution >= 4 is 11.6 Å². The van der Waals surface area contributed by atoms with E-state index < -0.39 is 0 Å². The van der Waals surface area contributed by atoms with Crippen LogP contribution < -0.4 is 9.64 Å². The number of aryl methyl sites for hydroxylation is 1. The summed E-state index contributed by atoms with van der Waals surface area (Å²) in [5.41, 5.74) is 3.96. The molecule has 0 saturated heterocycles. The summed E-state index contributed by atoms with van der Waals surface area (Å²) in [4.78, 5) is 14.5. The van der Waals surface area contributed by atoms with Crippen molar-refractivity contribution < 1.29 is 9.53 Å². The molecule has 1 amide bonds. The van der Waals surface area contributed by atoms with Gasteiger partial charge in [-0.3, -0.25) is 4.79 Å². The van der Waals surface area contributed by atoms with Crippen molar-refractivity contribution in [3.05, 3.63) is 59.2 Å². The number of amides is 1. The van der Waals surface area contributed by atoms with E-state index in [1.807, 2.05) is 54.3 Å². The average Bonchev–Trinajstić information content (AvgIpc) is 2.90. The predicted molar refractivity (Wildman–Crippen MR) is 79.6 cm³/mol. The van der Waals surface area contributed by atoms with Crippen molar-refractivity contribution in [1.82, 2.24) is 0 Å². The highest BCUT2D eigenvalue weighted by molar-refractivity contribution is 6.08. The van der Waals surface area contributed by atoms with Crippen molar-refractivity contribution in [3.8, 4) is 5.75 Å². The van der Waals surface area contributed by atoms with Crippen LogP contribution >= 0.6 is 0 Å². The number of anilines is 1. The lowest BCUT2D eigenvalue weighted by molar-refractivity contribution is 0.0989. The molecule has 0 aliphatic carbocycles. The summed E-state index contributed by atoms with van der Waals surface area (Å²) in [7, 11) is 1.66. The molecule has 0 aromatic heterocycles. The molecule has 2 aromatic rings. The second-order valence-corrected chi connectivity index (χ2v) is 5.02. The summed E-state index contributed by atoms with van der Waals surface area (Å²) in [6.45, 7) is 2.70. The minimum atomic E-state index is 0.0759. The van der Waals surface area contributed by atoms with Gasteiger partial charge in [-0.05, 0) is 48.7 Å². The summed E-state index contributed by atoms with van der Waals surface area (Å²) in [6, 6.07) is 13.6. The Balaban J connectivity index is 1.95. The van der Waals surface area contributed by atoms with Crippen molar-refractivity contribution in [1.29, 1.82) is 0 Å². The van der Waals surface area contributed by atoms with E-state index in [-0.39, 0.29) is 5.91 Å². The van der Waals surface area contributed by atoms with Crippen LogP contribution in [-0.2, 0) is 6.42 Å². The van der Waals surface area contributed by atoms with Crippen LogP contribution in [0.3, 0.4) is 0 Å². The molecule has 102 valence electrons. The second kappa shape index (κ2) is 5.00. The van der Waals surface area contributed by atoms with Crippen LogP contribution in [0.4, 0.5) is 5.69 Å². The van der Waals surface area contributed by atoms with E-state index in [1.165, 1.54) is 5.56 Å². The molecule has 3 heteroatoms. The Morgan fingerprint density at radius 3 is 2.75 bits per heavy atom. The first-order chi connectivity index (χ1) is 9.70. The number of carbonyl (C=O) groups is 1. The number of methoxy groups -OCH3 is 1. The van der Waals surface area contributed by atoms with Gasteiger partial charge in [0.25, 0.3) is 5.91 Å². The fraction of sp³-hybridized carbons (Fsp3) is 0.235. The molecule has 20 heavy (non-hydrogen) atoms.